The Morgan fingerprint density at radius 2 is 1.63 bits per heavy atom. The second kappa shape index (κ2) is 11.3. The first kappa shape index (κ1) is 24.0. The highest BCUT2D eigenvalue weighted by molar-refractivity contribution is 7.99. The fourth-order valence-electron chi connectivity index (χ4n) is 3.39. The maximum Gasteiger partial charge on any atom is 0.250 e. The Morgan fingerprint density at radius 3 is 2.31 bits per heavy atom. The van der Waals surface area contributed by atoms with Gasteiger partial charge in [-0.3, -0.25) is 9.36 Å². The number of para-hydroxylation sites is 1. The summed E-state index contributed by atoms with van der Waals surface area (Å²) < 4.78 is 12.7. The summed E-state index contributed by atoms with van der Waals surface area (Å²) in [5.74, 6) is 1.73. The number of nitrogens with one attached hydrogen (secondary N) is 1. The van der Waals surface area contributed by atoms with E-state index in [1.165, 1.54) is 11.8 Å². The highest BCUT2D eigenvalue weighted by atomic mass is 32.2. The van der Waals surface area contributed by atoms with Gasteiger partial charge in [-0.1, -0.05) is 60.3 Å². The Bertz CT molecular complexity index is 1320. The zero-order valence-electron chi connectivity index (χ0n) is 19.6. The highest BCUT2D eigenvalue weighted by Gasteiger charge is 2.18. The number of methoxy groups -OCH3 is 2. The Kier molecular flexibility index (Phi) is 7.79. The number of carbonyl (C=O) groups is 1. The zero-order valence-corrected chi connectivity index (χ0v) is 20.5. The predicted octanol–water partition coefficient (Wildman–Crippen LogP) is 4.58. The van der Waals surface area contributed by atoms with Gasteiger partial charge in [0.25, 0.3) is 5.91 Å². The van der Waals surface area contributed by atoms with Gasteiger partial charge in [0.15, 0.2) is 22.5 Å². The molecule has 0 aliphatic heterocycles. The van der Waals surface area contributed by atoms with Gasteiger partial charge >= 0.3 is 0 Å². The molecule has 3 aromatic carbocycles. The van der Waals surface area contributed by atoms with E-state index in [4.69, 9.17) is 9.47 Å². The molecule has 0 bridgehead atoms. The van der Waals surface area contributed by atoms with E-state index in [1.54, 1.807) is 14.2 Å². The summed E-state index contributed by atoms with van der Waals surface area (Å²) in [6, 6.07) is 25.0. The monoisotopic (exact) mass is 487 g/mol. The van der Waals surface area contributed by atoms with Crippen molar-refractivity contribution in [1.82, 2.24) is 20.2 Å². The third-order valence-electron chi connectivity index (χ3n) is 5.16. The van der Waals surface area contributed by atoms with E-state index < -0.39 is 0 Å². The fraction of sp³-hybridized carbons (Fsp3) is 0.154. The number of rotatable bonds is 9. The van der Waals surface area contributed by atoms with E-state index in [0.717, 1.165) is 22.5 Å². The number of benzene rings is 3. The molecule has 1 heterocycles. The first-order chi connectivity index (χ1) is 17.1. The molecular weight excluding hydrogens is 462 g/mol. The summed E-state index contributed by atoms with van der Waals surface area (Å²) in [6.45, 7) is 1.85. The molecule has 0 aliphatic rings. The van der Waals surface area contributed by atoms with Gasteiger partial charge in [0.2, 0.25) is 0 Å². The quantitative estimate of drug-likeness (QED) is 0.211. The van der Waals surface area contributed by atoms with Crippen LogP contribution in [-0.2, 0) is 4.79 Å². The maximum absolute atomic E-state index is 12.5. The number of hydrogen-bond donors (Lipinski definition) is 1. The van der Waals surface area contributed by atoms with Gasteiger partial charge in [0.05, 0.1) is 25.7 Å². The molecule has 9 heteroatoms. The van der Waals surface area contributed by atoms with Gasteiger partial charge in [0, 0.05) is 11.3 Å². The zero-order chi connectivity index (χ0) is 24.6. The van der Waals surface area contributed by atoms with Crippen molar-refractivity contribution in [3.63, 3.8) is 0 Å². The van der Waals surface area contributed by atoms with Crippen molar-refractivity contribution < 1.29 is 14.3 Å². The van der Waals surface area contributed by atoms with E-state index in [0.29, 0.717) is 22.5 Å². The number of carbonyl (C=O) groups excluding carboxylic acids is 1. The number of ether oxygens (including phenoxy) is 2. The van der Waals surface area contributed by atoms with Gasteiger partial charge in [-0.25, -0.2) is 5.43 Å². The molecule has 8 nitrogen and oxygen atoms in total. The normalized spacial score (nSPS) is 11.2. The number of thioether (sulfide) groups is 1. The second-order valence-corrected chi connectivity index (χ2v) is 8.38. The van der Waals surface area contributed by atoms with Crippen LogP contribution in [0.1, 0.15) is 12.5 Å². The van der Waals surface area contributed by atoms with Gasteiger partial charge in [-0.15, -0.1) is 10.2 Å². The molecule has 178 valence electrons. The standard InChI is InChI=1S/C26H25N5O3S/c1-18(19-10-6-4-7-11-19)27-28-24(32)17-35-26-30-29-25(31(26)21-12-8-5-9-13-21)20-14-15-22(33-2)23(16-20)34-3/h4-16H,17H2,1-3H3,(H,28,32)/b27-18-. The van der Waals surface area contributed by atoms with Crippen LogP contribution in [0.3, 0.4) is 0 Å². The van der Waals surface area contributed by atoms with E-state index in [9.17, 15) is 4.79 Å². The van der Waals surface area contributed by atoms with Crippen molar-refractivity contribution >= 4 is 23.4 Å². The van der Waals surface area contributed by atoms with Gasteiger partial charge in [-0.05, 0) is 42.8 Å². The SMILES string of the molecule is COc1ccc(-c2nnc(SCC(=O)N/N=C(/C)c3ccccc3)n2-c2ccccc2)cc1OC. The van der Waals surface area contributed by atoms with Gasteiger partial charge < -0.3 is 9.47 Å². The van der Waals surface area contributed by atoms with Crippen molar-refractivity contribution in [3.8, 4) is 28.6 Å². The molecule has 0 radical (unpaired) electrons. The second-order valence-electron chi connectivity index (χ2n) is 7.43. The fourth-order valence-corrected chi connectivity index (χ4v) is 4.13. The average molecular weight is 488 g/mol. The van der Waals surface area contributed by atoms with E-state index in [1.807, 2.05) is 90.4 Å². The summed E-state index contributed by atoms with van der Waals surface area (Å²) in [4.78, 5) is 12.5. The molecule has 1 amide bonds. The molecule has 0 saturated heterocycles. The highest BCUT2D eigenvalue weighted by Crippen LogP contribution is 2.34. The van der Waals surface area contributed by atoms with Crippen molar-refractivity contribution in [2.24, 2.45) is 5.10 Å². The van der Waals surface area contributed by atoms with Crippen molar-refractivity contribution in [2.45, 2.75) is 12.1 Å². The van der Waals surface area contributed by atoms with E-state index in [2.05, 4.69) is 20.7 Å². The maximum atomic E-state index is 12.5. The minimum atomic E-state index is -0.236. The van der Waals surface area contributed by atoms with Crippen molar-refractivity contribution in [2.75, 3.05) is 20.0 Å². The lowest BCUT2D eigenvalue weighted by atomic mass is 10.1. The topological polar surface area (TPSA) is 90.6 Å². The van der Waals surface area contributed by atoms with Crippen LogP contribution in [0.2, 0.25) is 0 Å². The Hall–Kier alpha value is -4.11. The van der Waals surface area contributed by atoms with Crippen LogP contribution in [0, 0.1) is 0 Å². The molecule has 1 N–H and O–H groups in total. The molecule has 0 saturated carbocycles. The molecule has 35 heavy (non-hydrogen) atoms. The van der Waals surface area contributed by atoms with Crippen LogP contribution >= 0.6 is 11.8 Å². The number of nitrogens with zero attached hydrogens (tertiary/aromatic N) is 4. The van der Waals surface area contributed by atoms with E-state index >= 15 is 0 Å². The lowest BCUT2D eigenvalue weighted by Crippen LogP contribution is -2.21. The number of amides is 1. The molecule has 4 rings (SSSR count). The lowest BCUT2D eigenvalue weighted by Gasteiger charge is -2.12. The molecule has 0 atom stereocenters. The van der Waals surface area contributed by atoms with Crippen LogP contribution in [0.15, 0.2) is 89.1 Å². The van der Waals surface area contributed by atoms with E-state index in [-0.39, 0.29) is 11.7 Å². The number of hydrogen-bond acceptors (Lipinski definition) is 7. The molecule has 4 aromatic rings. The van der Waals surface area contributed by atoms with Crippen molar-refractivity contribution in [3.05, 3.63) is 84.4 Å². The van der Waals surface area contributed by atoms with Crippen LogP contribution in [0.5, 0.6) is 11.5 Å². The predicted molar refractivity (Wildman–Crippen MR) is 137 cm³/mol. The summed E-state index contributed by atoms with van der Waals surface area (Å²) in [7, 11) is 3.18. The third-order valence-corrected chi connectivity index (χ3v) is 6.09. The molecule has 0 aliphatic carbocycles. The summed E-state index contributed by atoms with van der Waals surface area (Å²) in [6.07, 6.45) is 0. The Labute approximate surface area is 208 Å². The Morgan fingerprint density at radius 1 is 0.943 bits per heavy atom. The molecular formula is C26H25N5O3S. The van der Waals surface area contributed by atoms with Crippen LogP contribution < -0.4 is 14.9 Å². The smallest absolute Gasteiger partial charge is 0.250 e. The summed E-state index contributed by atoms with van der Waals surface area (Å²) >= 11 is 1.28. The van der Waals surface area contributed by atoms with Gasteiger partial charge in [0.1, 0.15) is 0 Å². The lowest BCUT2D eigenvalue weighted by molar-refractivity contribution is -0.118. The molecule has 1 aromatic heterocycles. The first-order valence-electron chi connectivity index (χ1n) is 10.8. The Balaban J connectivity index is 1.57. The summed E-state index contributed by atoms with van der Waals surface area (Å²) in [5, 5.41) is 13.6. The van der Waals surface area contributed by atoms with Crippen LogP contribution in [0.4, 0.5) is 0 Å². The third kappa shape index (κ3) is 5.70. The molecule has 0 fully saturated rings. The number of aromatic nitrogens is 3. The summed E-state index contributed by atoms with van der Waals surface area (Å²) in [5.41, 5.74) is 5.98. The van der Waals surface area contributed by atoms with Crippen molar-refractivity contribution in [1.29, 1.82) is 0 Å². The average Bonchev–Trinajstić information content (AvgIpc) is 3.35. The minimum absolute atomic E-state index is 0.127. The largest absolute Gasteiger partial charge is 0.493 e. The molecule has 0 unspecified atom stereocenters. The molecule has 0 spiro atoms. The minimum Gasteiger partial charge on any atom is -0.493 e. The van der Waals surface area contributed by atoms with Crippen LogP contribution in [0.25, 0.3) is 17.1 Å². The number of hydrazone groups is 1. The first-order valence-corrected chi connectivity index (χ1v) is 11.8. The van der Waals surface area contributed by atoms with Crippen LogP contribution in [-0.4, -0.2) is 46.4 Å². The van der Waals surface area contributed by atoms with Gasteiger partial charge in [-0.2, -0.15) is 5.10 Å².